The Bertz CT molecular complexity index is 1550. The number of benzene rings is 4. The van der Waals surface area contributed by atoms with Gasteiger partial charge in [-0.25, -0.2) is 0 Å². The van der Waals surface area contributed by atoms with E-state index in [2.05, 4.69) is 5.32 Å². The quantitative estimate of drug-likeness (QED) is 0.316. The van der Waals surface area contributed by atoms with Crippen LogP contribution in [0.25, 0.3) is 0 Å². The Kier molecular flexibility index (Phi) is 8.34. The molecule has 2 amide bonds. The van der Waals surface area contributed by atoms with Gasteiger partial charge in [-0.2, -0.15) is 0 Å². The Labute approximate surface area is 252 Å². The molecule has 6 rings (SSSR count). The van der Waals surface area contributed by atoms with Crippen molar-refractivity contribution in [2.24, 2.45) is 5.92 Å². The number of hydrogen-bond donors (Lipinski definition) is 1. The summed E-state index contributed by atoms with van der Waals surface area (Å²) in [5, 5.41) is 3.32. The number of methoxy groups -OCH3 is 1. The minimum Gasteiger partial charge on any atom is -0.497 e. The number of hydrogen-bond acceptors (Lipinski definition) is 5. The fourth-order valence-electron chi connectivity index (χ4n) is 6.57. The lowest BCUT2D eigenvalue weighted by Crippen LogP contribution is -2.54. The lowest BCUT2D eigenvalue weighted by Gasteiger charge is -2.36. The van der Waals surface area contributed by atoms with E-state index in [4.69, 9.17) is 4.74 Å². The fraction of sp³-hybridized carbons (Fsp3) is 0.250. The van der Waals surface area contributed by atoms with E-state index in [1.165, 1.54) is 0 Å². The highest BCUT2D eigenvalue weighted by atomic mass is 16.5. The van der Waals surface area contributed by atoms with Crippen molar-refractivity contribution < 1.29 is 19.1 Å². The molecule has 218 valence electrons. The van der Waals surface area contributed by atoms with Crippen molar-refractivity contribution in [2.75, 3.05) is 33.3 Å². The van der Waals surface area contributed by atoms with Crippen LogP contribution >= 0.6 is 0 Å². The number of nitrogens with zero attached hydrogens (tertiary/aromatic N) is 2. The van der Waals surface area contributed by atoms with Gasteiger partial charge >= 0.3 is 0 Å². The summed E-state index contributed by atoms with van der Waals surface area (Å²) < 4.78 is 5.43. The summed E-state index contributed by atoms with van der Waals surface area (Å²) >= 11 is 0. The van der Waals surface area contributed by atoms with Gasteiger partial charge in [-0.1, -0.05) is 91.0 Å². The highest BCUT2D eigenvalue weighted by Crippen LogP contribution is 2.52. The number of rotatable bonds is 7. The summed E-state index contributed by atoms with van der Waals surface area (Å²) in [4.78, 5) is 47.5. The largest absolute Gasteiger partial charge is 0.497 e. The molecule has 2 aliphatic heterocycles. The SMILES string of the molecule is COc1ccc(C2C(C(=O)c3ccccc3)C(c3ccccc3)C(C(=O)N3CCNCC3)N2C(=O)c2ccccc2)cc1. The summed E-state index contributed by atoms with van der Waals surface area (Å²) in [7, 11) is 1.60. The van der Waals surface area contributed by atoms with E-state index in [-0.39, 0.29) is 17.6 Å². The van der Waals surface area contributed by atoms with E-state index < -0.39 is 23.9 Å². The molecule has 2 saturated heterocycles. The van der Waals surface area contributed by atoms with Crippen molar-refractivity contribution in [3.05, 3.63) is 138 Å². The molecule has 0 aliphatic carbocycles. The van der Waals surface area contributed by atoms with Crippen LogP contribution in [0.15, 0.2) is 115 Å². The molecule has 43 heavy (non-hydrogen) atoms. The smallest absolute Gasteiger partial charge is 0.255 e. The molecule has 1 N–H and O–H groups in total. The van der Waals surface area contributed by atoms with Crippen molar-refractivity contribution in [2.45, 2.75) is 18.0 Å². The van der Waals surface area contributed by atoms with Crippen LogP contribution in [-0.4, -0.2) is 66.7 Å². The number of carbonyl (C=O) groups is 3. The Morgan fingerprint density at radius 3 is 1.84 bits per heavy atom. The molecule has 7 nitrogen and oxygen atoms in total. The number of Topliss-reactive ketones (excluding diaryl/α,β-unsaturated/α-hetero) is 1. The lowest BCUT2D eigenvalue weighted by molar-refractivity contribution is -0.136. The van der Waals surface area contributed by atoms with Gasteiger partial charge in [0.05, 0.1) is 19.1 Å². The Morgan fingerprint density at radius 2 is 1.26 bits per heavy atom. The number of likely N-dealkylation sites (tertiary alicyclic amines) is 1. The van der Waals surface area contributed by atoms with Crippen LogP contribution in [0.2, 0.25) is 0 Å². The third-order valence-electron chi connectivity index (χ3n) is 8.61. The average molecular weight is 574 g/mol. The van der Waals surface area contributed by atoms with Crippen molar-refractivity contribution >= 4 is 17.6 Å². The van der Waals surface area contributed by atoms with Crippen LogP contribution < -0.4 is 10.1 Å². The van der Waals surface area contributed by atoms with Crippen LogP contribution in [0.1, 0.15) is 43.8 Å². The molecule has 0 spiro atoms. The minimum absolute atomic E-state index is 0.100. The maximum Gasteiger partial charge on any atom is 0.255 e. The Balaban J connectivity index is 1.60. The van der Waals surface area contributed by atoms with E-state index in [1.54, 1.807) is 24.1 Å². The first-order valence-electron chi connectivity index (χ1n) is 14.7. The highest BCUT2D eigenvalue weighted by Gasteiger charge is 2.58. The van der Waals surface area contributed by atoms with Crippen LogP contribution in [0, 0.1) is 5.92 Å². The second-order valence-electron chi connectivity index (χ2n) is 11.0. The molecule has 2 fully saturated rings. The van der Waals surface area contributed by atoms with Gasteiger partial charge in [0.15, 0.2) is 5.78 Å². The Morgan fingerprint density at radius 1 is 0.698 bits per heavy atom. The molecule has 4 aromatic carbocycles. The zero-order chi connectivity index (χ0) is 29.8. The predicted molar refractivity (Wildman–Crippen MR) is 165 cm³/mol. The topological polar surface area (TPSA) is 79.0 Å². The van der Waals surface area contributed by atoms with E-state index in [9.17, 15) is 14.4 Å². The molecular formula is C36H35N3O4. The predicted octanol–water partition coefficient (Wildman–Crippen LogP) is 4.98. The highest BCUT2D eigenvalue weighted by molar-refractivity contribution is 6.04. The number of ketones is 1. The van der Waals surface area contributed by atoms with Gasteiger partial charge in [0.25, 0.3) is 5.91 Å². The molecule has 7 heteroatoms. The van der Waals surface area contributed by atoms with Gasteiger partial charge in [-0.05, 0) is 35.4 Å². The van der Waals surface area contributed by atoms with E-state index >= 15 is 0 Å². The van der Waals surface area contributed by atoms with Crippen LogP contribution in [-0.2, 0) is 4.79 Å². The second kappa shape index (κ2) is 12.6. The molecule has 0 bridgehead atoms. The number of nitrogens with one attached hydrogen (secondary N) is 1. The number of ether oxygens (including phenoxy) is 1. The first-order chi connectivity index (χ1) is 21.1. The number of amides is 2. The van der Waals surface area contributed by atoms with Crippen molar-refractivity contribution in [3.8, 4) is 5.75 Å². The maximum atomic E-state index is 14.7. The Hall–Kier alpha value is -4.75. The summed E-state index contributed by atoms with van der Waals surface area (Å²) in [6, 6.07) is 33.8. The van der Waals surface area contributed by atoms with Gasteiger partial charge in [0, 0.05) is 43.2 Å². The first-order valence-corrected chi connectivity index (χ1v) is 14.7. The van der Waals surface area contributed by atoms with Crippen LogP contribution in [0.5, 0.6) is 5.75 Å². The molecule has 0 aromatic heterocycles. The molecule has 2 aliphatic rings. The standard InChI is InChI=1S/C36H35N3O4/c1-43-29-19-17-26(18-20-29)32-31(34(40)27-13-7-3-8-14-27)30(25-11-5-2-6-12-25)33(36(42)38-23-21-37-22-24-38)39(32)35(41)28-15-9-4-10-16-28/h2-20,30-33,37H,21-24H2,1H3. The molecule has 4 aromatic rings. The number of piperazine rings is 1. The van der Waals surface area contributed by atoms with Crippen molar-refractivity contribution in [1.82, 2.24) is 15.1 Å². The second-order valence-corrected chi connectivity index (χ2v) is 11.0. The zero-order valence-electron chi connectivity index (χ0n) is 24.1. The van der Waals surface area contributed by atoms with Crippen molar-refractivity contribution in [3.63, 3.8) is 0 Å². The molecule has 0 radical (unpaired) electrons. The molecule has 2 heterocycles. The van der Waals surface area contributed by atoms with Gasteiger partial charge in [0.2, 0.25) is 5.91 Å². The normalized spacial score (nSPS) is 21.8. The first kappa shape index (κ1) is 28.4. The maximum absolute atomic E-state index is 14.7. The third kappa shape index (κ3) is 5.56. The summed E-state index contributed by atoms with van der Waals surface area (Å²) in [5.41, 5.74) is 2.65. The monoisotopic (exact) mass is 573 g/mol. The van der Waals surface area contributed by atoms with Gasteiger partial charge in [0.1, 0.15) is 11.8 Å². The van der Waals surface area contributed by atoms with Gasteiger partial charge < -0.3 is 19.9 Å². The molecule has 4 atom stereocenters. The van der Waals surface area contributed by atoms with Crippen molar-refractivity contribution in [1.29, 1.82) is 0 Å². The molecule has 0 saturated carbocycles. The lowest BCUT2D eigenvalue weighted by atomic mass is 9.76. The fourth-order valence-corrected chi connectivity index (χ4v) is 6.57. The summed E-state index contributed by atoms with van der Waals surface area (Å²) in [6.07, 6.45) is 0. The van der Waals surface area contributed by atoms with Crippen LogP contribution in [0.4, 0.5) is 0 Å². The van der Waals surface area contributed by atoms with E-state index in [0.717, 1.165) is 11.1 Å². The van der Waals surface area contributed by atoms with E-state index in [0.29, 0.717) is 43.1 Å². The minimum atomic E-state index is -0.891. The zero-order valence-corrected chi connectivity index (χ0v) is 24.1. The molecular weight excluding hydrogens is 538 g/mol. The van der Waals surface area contributed by atoms with Gasteiger partial charge in [-0.15, -0.1) is 0 Å². The summed E-state index contributed by atoms with van der Waals surface area (Å²) in [5.74, 6) is -1.14. The average Bonchev–Trinajstić information content (AvgIpc) is 3.45. The number of carbonyl (C=O) groups excluding carboxylic acids is 3. The summed E-state index contributed by atoms with van der Waals surface area (Å²) in [6.45, 7) is 2.42. The third-order valence-corrected chi connectivity index (χ3v) is 8.61. The van der Waals surface area contributed by atoms with E-state index in [1.807, 2.05) is 108 Å². The van der Waals surface area contributed by atoms with Gasteiger partial charge in [-0.3, -0.25) is 14.4 Å². The van der Waals surface area contributed by atoms with Crippen LogP contribution in [0.3, 0.4) is 0 Å². The molecule has 4 unspecified atom stereocenters.